The van der Waals surface area contributed by atoms with E-state index in [0.717, 1.165) is 17.6 Å². The number of hydrogen-bond acceptors (Lipinski definition) is 9. The minimum atomic E-state index is -3.19. The lowest BCUT2D eigenvalue weighted by Gasteiger charge is -2.35. The van der Waals surface area contributed by atoms with Gasteiger partial charge in [-0.15, -0.1) is 5.10 Å². The van der Waals surface area contributed by atoms with Gasteiger partial charge in [-0.1, -0.05) is 6.92 Å². The second-order valence-electron chi connectivity index (χ2n) is 7.92. The van der Waals surface area contributed by atoms with Crippen molar-refractivity contribution in [3.8, 4) is 0 Å². The van der Waals surface area contributed by atoms with Gasteiger partial charge in [0.1, 0.15) is 18.3 Å². The van der Waals surface area contributed by atoms with Crippen LogP contribution in [0.4, 0.5) is 5.95 Å². The number of hydrogen-bond donors (Lipinski definition) is 1. The van der Waals surface area contributed by atoms with E-state index in [1.165, 1.54) is 34.9 Å². The van der Waals surface area contributed by atoms with Crippen molar-refractivity contribution in [2.45, 2.75) is 32.4 Å². The average Bonchev–Trinajstić information content (AvgIpc) is 3.27. The van der Waals surface area contributed by atoms with Gasteiger partial charge in [-0.25, -0.2) is 22.7 Å². The topological polar surface area (TPSA) is 128 Å². The molecule has 1 aliphatic rings. The first kappa shape index (κ1) is 22.7. The molecule has 1 fully saturated rings. The molecule has 32 heavy (non-hydrogen) atoms. The molecule has 172 valence electrons. The van der Waals surface area contributed by atoms with Crippen LogP contribution in [-0.4, -0.2) is 72.6 Å². The maximum absolute atomic E-state index is 12.5. The maximum Gasteiger partial charge on any atom is 0.252 e. The molecule has 3 aromatic heterocycles. The molecule has 4 rings (SSSR count). The monoisotopic (exact) mass is 478 g/mol. The van der Waals surface area contributed by atoms with Crippen molar-refractivity contribution in [3.05, 3.63) is 41.3 Å². The summed E-state index contributed by atoms with van der Waals surface area (Å²) in [6, 6.07) is 3.32. The Kier molecular flexibility index (Phi) is 6.76. The summed E-state index contributed by atoms with van der Waals surface area (Å²) in [6.45, 7) is 3.46. The molecule has 2 atom stereocenters. The number of piperidine rings is 1. The van der Waals surface area contributed by atoms with Gasteiger partial charge in [-0.3, -0.25) is 9.36 Å². The Hall–Kier alpha value is -2.51. The number of sulfonamides is 1. The van der Waals surface area contributed by atoms with Gasteiger partial charge in [0.25, 0.3) is 5.56 Å². The van der Waals surface area contributed by atoms with Crippen molar-refractivity contribution >= 4 is 39.0 Å². The number of nitrogens with zero attached hydrogens (tertiary/aromatic N) is 7. The number of aryl methyl sites for hydroxylation is 1. The van der Waals surface area contributed by atoms with Crippen LogP contribution < -0.4 is 10.9 Å². The minimum absolute atomic E-state index is 0.0495. The number of fused-ring (bicyclic) bond motifs is 1. The summed E-state index contributed by atoms with van der Waals surface area (Å²) >= 11 is 1.52. The molecule has 4 heterocycles. The summed E-state index contributed by atoms with van der Waals surface area (Å²) in [5.41, 5.74) is 0.477. The van der Waals surface area contributed by atoms with Gasteiger partial charge in [0.05, 0.1) is 6.26 Å². The van der Waals surface area contributed by atoms with Crippen molar-refractivity contribution in [2.24, 2.45) is 5.92 Å². The van der Waals surface area contributed by atoms with Crippen molar-refractivity contribution in [1.82, 2.24) is 33.0 Å². The molecular formula is C19H26N8O3S2. The molecule has 1 saturated heterocycles. The lowest BCUT2D eigenvalue weighted by molar-refractivity contribution is 0.262. The Morgan fingerprint density at radius 3 is 2.88 bits per heavy atom. The summed E-state index contributed by atoms with van der Waals surface area (Å²) in [5.74, 6) is 1.32. The van der Waals surface area contributed by atoms with Gasteiger partial charge in [0.2, 0.25) is 16.0 Å². The normalized spacial score (nSPS) is 19.9. The zero-order valence-electron chi connectivity index (χ0n) is 18.0. The summed E-state index contributed by atoms with van der Waals surface area (Å²) < 4.78 is 28.5. The van der Waals surface area contributed by atoms with E-state index < -0.39 is 10.0 Å². The van der Waals surface area contributed by atoms with Crippen LogP contribution in [0, 0.1) is 5.92 Å². The number of nitrogens with one attached hydrogen (secondary N) is 1. The first-order chi connectivity index (χ1) is 15.3. The summed E-state index contributed by atoms with van der Waals surface area (Å²) in [6.07, 6.45) is 7.50. The number of pyridine rings is 1. The maximum atomic E-state index is 12.5. The molecule has 1 aliphatic heterocycles. The predicted octanol–water partition coefficient (Wildman–Crippen LogP) is 1.05. The molecule has 13 heteroatoms. The van der Waals surface area contributed by atoms with Crippen LogP contribution >= 0.6 is 11.9 Å². The Morgan fingerprint density at radius 2 is 2.16 bits per heavy atom. The molecular weight excluding hydrogens is 452 g/mol. The fourth-order valence-electron chi connectivity index (χ4n) is 3.79. The Balaban J connectivity index is 1.46. The van der Waals surface area contributed by atoms with Gasteiger partial charge in [-0.2, -0.15) is 9.07 Å². The van der Waals surface area contributed by atoms with Crippen molar-refractivity contribution in [3.63, 3.8) is 0 Å². The quantitative estimate of drug-likeness (QED) is 0.472. The molecule has 11 nitrogen and oxygen atoms in total. The van der Waals surface area contributed by atoms with Gasteiger partial charge >= 0.3 is 0 Å². The second kappa shape index (κ2) is 9.55. The third kappa shape index (κ3) is 5.27. The van der Waals surface area contributed by atoms with Crippen LogP contribution in [0.5, 0.6) is 0 Å². The van der Waals surface area contributed by atoms with E-state index >= 15 is 0 Å². The number of anilines is 1. The van der Waals surface area contributed by atoms with Crippen LogP contribution in [0.15, 0.2) is 35.8 Å². The predicted molar refractivity (Wildman–Crippen MR) is 124 cm³/mol. The fourth-order valence-corrected chi connectivity index (χ4v) is 5.41. The third-order valence-electron chi connectivity index (χ3n) is 5.52. The highest BCUT2D eigenvalue weighted by Crippen LogP contribution is 2.22. The van der Waals surface area contributed by atoms with Gasteiger partial charge in [0, 0.05) is 49.1 Å². The van der Waals surface area contributed by atoms with Crippen molar-refractivity contribution < 1.29 is 8.42 Å². The molecule has 0 aromatic carbocycles. The molecule has 2 unspecified atom stereocenters. The summed E-state index contributed by atoms with van der Waals surface area (Å²) in [5, 5.41) is 8.19. The van der Waals surface area contributed by atoms with E-state index in [4.69, 9.17) is 0 Å². The van der Waals surface area contributed by atoms with Crippen LogP contribution in [0.25, 0.3) is 11.0 Å². The SMILES string of the molecule is CC1CN(S(C)(=O)=O)CCC1Nc1ncc2ccc(=O)n(CCCSn3cncn3)c2n1. The van der Waals surface area contributed by atoms with E-state index in [9.17, 15) is 13.2 Å². The molecule has 0 spiro atoms. The summed E-state index contributed by atoms with van der Waals surface area (Å²) in [7, 11) is -3.19. The zero-order chi connectivity index (χ0) is 22.7. The van der Waals surface area contributed by atoms with E-state index in [1.807, 2.05) is 6.92 Å². The Labute approximate surface area is 190 Å². The van der Waals surface area contributed by atoms with Crippen molar-refractivity contribution in [1.29, 1.82) is 0 Å². The van der Waals surface area contributed by atoms with Crippen LogP contribution in [-0.2, 0) is 16.6 Å². The molecule has 0 amide bonds. The summed E-state index contributed by atoms with van der Waals surface area (Å²) in [4.78, 5) is 25.5. The zero-order valence-corrected chi connectivity index (χ0v) is 19.6. The fraction of sp³-hybridized carbons (Fsp3) is 0.526. The molecule has 0 bridgehead atoms. The molecule has 3 aromatic rings. The number of aromatic nitrogens is 6. The first-order valence-corrected chi connectivity index (χ1v) is 13.2. The highest BCUT2D eigenvalue weighted by molar-refractivity contribution is 7.97. The van der Waals surface area contributed by atoms with E-state index in [1.54, 1.807) is 27.2 Å². The highest BCUT2D eigenvalue weighted by atomic mass is 32.2. The molecule has 1 N–H and O–H groups in total. The minimum Gasteiger partial charge on any atom is -0.351 e. The van der Waals surface area contributed by atoms with Crippen LogP contribution in [0.1, 0.15) is 19.8 Å². The van der Waals surface area contributed by atoms with E-state index in [2.05, 4.69) is 25.4 Å². The number of rotatable bonds is 8. The van der Waals surface area contributed by atoms with E-state index in [0.29, 0.717) is 37.7 Å². The molecule has 0 saturated carbocycles. The highest BCUT2D eigenvalue weighted by Gasteiger charge is 2.30. The lowest BCUT2D eigenvalue weighted by atomic mass is 9.95. The lowest BCUT2D eigenvalue weighted by Crippen LogP contribution is -2.47. The first-order valence-electron chi connectivity index (χ1n) is 10.4. The largest absolute Gasteiger partial charge is 0.351 e. The van der Waals surface area contributed by atoms with Crippen LogP contribution in [0.3, 0.4) is 0 Å². The van der Waals surface area contributed by atoms with Gasteiger partial charge in [-0.05, 0) is 36.8 Å². The second-order valence-corrected chi connectivity index (χ2v) is 10.9. The van der Waals surface area contributed by atoms with E-state index in [-0.39, 0.29) is 17.5 Å². The standard InChI is InChI=1S/C19H26N8O3S2/c1-14-11-25(32(2,29)30)8-6-16(14)23-19-21-10-15-4-5-17(28)26(18(15)24-19)7-3-9-31-27-13-20-12-22-27/h4-5,10,12-14,16H,3,6-9,11H2,1-2H3,(H,21,23,24). The molecule has 0 radical (unpaired) electrons. The van der Waals surface area contributed by atoms with Gasteiger partial charge in [0.15, 0.2) is 0 Å². The van der Waals surface area contributed by atoms with Crippen LogP contribution in [0.2, 0.25) is 0 Å². The van der Waals surface area contributed by atoms with Gasteiger partial charge < -0.3 is 5.32 Å². The van der Waals surface area contributed by atoms with Crippen molar-refractivity contribution in [2.75, 3.05) is 30.4 Å². The Morgan fingerprint density at radius 1 is 1.31 bits per heavy atom. The third-order valence-corrected chi connectivity index (χ3v) is 7.72. The average molecular weight is 479 g/mol. The smallest absolute Gasteiger partial charge is 0.252 e. The Bertz CT molecular complexity index is 1230. The molecule has 0 aliphatic carbocycles.